The number of hydrogen-bond acceptors (Lipinski definition) is 3. The molecule has 0 bridgehead atoms. The van der Waals surface area contributed by atoms with Gasteiger partial charge in [-0.15, -0.1) is 0 Å². The van der Waals surface area contributed by atoms with E-state index >= 15 is 0 Å². The Morgan fingerprint density at radius 3 is 2.65 bits per heavy atom. The minimum Gasteiger partial charge on any atom is -0.496 e. The van der Waals surface area contributed by atoms with Crippen LogP contribution < -0.4 is 15.8 Å². The molecular formula is C15H15FN2O2. The molecule has 4 nitrogen and oxygen atoms in total. The summed E-state index contributed by atoms with van der Waals surface area (Å²) in [6.07, 6.45) is 0. The molecule has 2 aromatic carbocycles. The van der Waals surface area contributed by atoms with Gasteiger partial charge in [-0.3, -0.25) is 4.79 Å². The molecule has 0 spiro atoms. The van der Waals surface area contributed by atoms with E-state index in [1.54, 1.807) is 12.1 Å². The van der Waals surface area contributed by atoms with Crippen molar-refractivity contribution in [2.45, 2.75) is 6.92 Å². The first-order valence-electron chi connectivity index (χ1n) is 6.02. The number of nitrogen functional groups attached to an aromatic ring is 1. The fourth-order valence-electron chi connectivity index (χ4n) is 1.84. The van der Waals surface area contributed by atoms with Crippen LogP contribution in [-0.4, -0.2) is 13.0 Å². The maximum Gasteiger partial charge on any atom is 0.259 e. The zero-order valence-electron chi connectivity index (χ0n) is 11.2. The minimum absolute atomic E-state index is 0.171. The standard InChI is InChI=1S/C15H15FN2O2/c1-9-3-6-14(20-2)11(7-9)15(19)18-13-5-4-10(16)8-12(13)17/h3-8H,17H2,1-2H3,(H,18,19). The smallest absolute Gasteiger partial charge is 0.259 e. The van der Waals surface area contributed by atoms with Gasteiger partial charge in [0.2, 0.25) is 0 Å². The number of anilines is 2. The van der Waals surface area contributed by atoms with Crippen molar-refractivity contribution in [1.29, 1.82) is 0 Å². The molecule has 0 aliphatic heterocycles. The maximum absolute atomic E-state index is 13.0. The zero-order chi connectivity index (χ0) is 14.7. The minimum atomic E-state index is -0.450. The number of rotatable bonds is 3. The van der Waals surface area contributed by atoms with Gasteiger partial charge in [0.1, 0.15) is 11.6 Å². The van der Waals surface area contributed by atoms with Gasteiger partial charge in [-0.25, -0.2) is 4.39 Å². The van der Waals surface area contributed by atoms with Gasteiger partial charge in [0.05, 0.1) is 24.0 Å². The fraction of sp³-hybridized carbons (Fsp3) is 0.133. The summed E-state index contributed by atoms with van der Waals surface area (Å²) in [5, 5.41) is 2.65. The first-order chi connectivity index (χ1) is 9.51. The monoisotopic (exact) mass is 274 g/mol. The number of aryl methyl sites for hydroxylation is 1. The van der Waals surface area contributed by atoms with Crippen LogP contribution in [0.4, 0.5) is 15.8 Å². The summed E-state index contributed by atoms with van der Waals surface area (Å²) in [5.74, 6) is -0.341. The topological polar surface area (TPSA) is 64.3 Å². The highest BCUT2D eigenvalue weighted by molar-refractivity contribution is 6.07. The second kappa shape index (κ2) is 5.61. The molecule has 0 heterocycles. The van der Waals surface area contributed by atoms with Crippen molar-refractivity contribution in [2.24, 2.45) is 0 Å². The molecular weight excluding hydrogens is 259 g/mol. The Kier molecular flexibility index (Phi) is 3.89. The Bertz CT molecular complexity index is 656. The van der Waals surface area contributed by atoms with Crippen molar-refractivity contribution in [2.75, 3.05) is 18.2 Å². The Morgan fingerprint density at radius 2 is 2.00 bits per heavy atom. The van der Waals surface area contributed by atoms with E-state index in [1.807, 2.05) is 13.0 Å². The van der Waals surface area contributed by atoms with Crippen molar-refractivity contribution in [3.8, 4) is 5.75 Å². The van der Waals surface area contributed by atoms with E-state index < -0.39 is 5.82 Å². The van der Waals surface area contributed by atoms with Crippen molar-refractivity contribution in [3.63, 3.8) is 0 Å². The lowest BCUT2D eigenvalue weighted by atomic mass is 10.1. The van der Waals surface area contributed by atoms with E-state index in [4.69, 9.17) is 10.5 Å². The van der Waals surface area contributed by atoms with Crippen LogP contribution in [0.25, 0.3) is 0 Å². The van der Waals surface area contributed by atoms with E-state index in [1.165, 1.54) is 19.2 Å². The van der Waals surface area contributed by atoms with Crippen LogP contribution in [-0.2, 0) is 0 Å². The van der Waals surface area contributed by atoms with E-state index in [-0.39, 0.29) is 11.6 Å². The Labute approximate surface area is 116 Å². The number of nitrogens with one attached hydrogen (secondary N) is 1. The lowest BCUT2D eigenvalue weighted by molar-refractivity contribution is 0.102. The van der Waals surface area contributed by atoms with Crippen LogP contribution in [0.5, 0.6) is 5.75 Å². The maximum atomic E-state index is 13.0. The molecule has 1 amide bonds. The molecule has 2 rings (SSSR count). The number of carbonyl (C=O) groups excluding carboxylic acids is 1. The average Bonchev–Trinajstić information content (AvgIpc) is 2.41. The Morgan fingerprint density at radius 1 is 1.25 bits per heavy atom. The third-order valence-electron chi connectivity index (χ3n) is 2.86. The SMILES string of the molecule is COc1ccc(C)cc1C(=O)Nc1ccc(F)cc1N. The van der Waals surface area contributed by atoms with Gasteiger partial charge >= 0.3 is 0 Å². The number of halogens is 1. The van der Waals surface area contributed by atoms with Crippen LogP contribution in [0.2, 0.25) is 0 Å². The summed E-state index contributed by atoms with van der Waals surface area (Å²) in [5.41, 5.74) is 7.53. The van der Waals surface area contributed by atoms with Crippen LogP contribution in [0.3, 0.4) is 0 Å². The van der Waals surface area contributed by atoms with Crippen LogP contribution in [0, 0.1) is 12.7 Å². The second-order valence-corrected chi connectivity index (χ2v) is 4.39. The van der Waals surface area contributed by atoms with E-state index in [0.29, 0.717) is 17.0 Å². The predicted molar refractivity (Wildman–Crippen MR) is 76.5 cm³/mol. The van der Waals surface area contributed by atoms with Crippen LogP contribution in [0.1, 0.15) is 15.9 Å². The van der Waals surface area contributed by atoms with Gasteiger partial charge in [0, 0.05) is 0 Å². The predicted octanol–water partition coefficient (Wildman–Crippen LogP) is 2.98. The largest absolute Gasteiger partial charge is 0.496 e. The molecule has 0 radical (unpaired) electrons. The van der Waals surface area contributed by atoms with E-state index in [9.17, 15) is 9.18 Å². The number of amides is 1. The van der Waals surface area contributed by atoms with Gasteiger partial charge in [-0.05, 0) is 37.3 Å². The van der Waals surface area contributed by atoms with Crippen molar-refractivity contribution in [3.05, 3.63) is 53.3 Å². The van der Waals surface area contributed by atoms with Gasteiger partial charge in [0.25, 0.3) is 5.91 Å². The molecule has 0 saturated heterocycles. The van der Waals surface area contributed by atoms with E-state index in [0.717, 1.165) is 11.6 Å². The van der Waals surface area contributed by atoms with Crippen LogP contribution in [0.15, 0.2) is 36.4 Å². The van der Waals surface area contributed by atoms with Crippen molar-refractivity contribution >= 4 is 17.3 Å². The number of ether oxygens (including phenoxy) is 1. The first kappa shape index (κ1) is 13.9. The molecule has 2 aromatic rings. The fourth-order valence-corrected chi connectivity index (χ4v) is 1.84. The lowest BCUT2D eigenvalue weighted by Gasteiger charge is -2.11. The van der Waals surface area contributed by atoms with Crippen molar-refractivity contribution < 1.29 is 13.9 Å². The first-order valence-corrected chi connectivity index (χ1v) is 6.02. The molecule has 0 aromatic heterocycles. The number of carbonyl (C=O) groups is 1. The molecule has 3 N–H and O–H groups in total. The molecule has 0 fully saturated rings. The summed E-state index contributed by atoms with van der Waals surface area (Å²) < 4.78 is 18.1. The number of hydrogen-bond donors (Lipinski definition) is 2. The summed E-state index contributed by atoms with van der Waals surface area (Å²) in [4.78, 5) is 12.2. The molecule has 0 aliphatic carbocycles. The normalized spacial score (nSPS) is 10.2. The summed E-state index contributed by atoms with van der Waals surface area (Å²) >= 11 is 0. The third-order valence-corrected chi connectivity index (χ3v) is 2.86. The molecule has 20 heavy (non-hydrogen) atoms. The van der Waals surface area contributed by atoms with Crippen molar-refractivity contribution in [1.82, 2.24) is 0 Å². The number of methoxy groups -OCH3 is 1. The molecule has 0 aliphatic rings. The zero-order valence-corrected chi connectivity index (χ0v) is 11.2. The quantitative estimate of drug-likeness (QED) is 0.846. The van der Waals surface area contributed by atoms with Gasteiger partial charge < -0.3 is 15.8 Å². The average molecular weight is 274 g/mol. The number of nitrogens with two attached hydrogens (primary N) is 1. The Hall–Kier alpha value is -2.56. The van der Waals surface area contributed by atoms with Gasteiger partial charge in [0.15, 0.2) is 0 Å². The molecule has 104 valence electrons. The third kappa shape index (κ3) is 2.88. The highest BCUT2D eigenvalue weighted by Crippen LogP contribution is 2.24. The summed E-state index contributed by atoms with van der Waals surface area (Å²) in [7, 11) is 1.49. The molecule has 0 atom stereocenters. The lowest BCUT2D eigenvalue weighted by Crippen LogP contribution is -2.14. The highest BCUT2D eigenvalue weighted by atomic mass is 19.1. The summed E-state index contributed by atoms with van der Waals surface area (Å²) in [6, 6.07) is 9.10. The highest BCUT2D eigenvalue weighted by Gasteiger charge is 2.14. The molecule has 0 unspecified atom stereocenters. The van der Waals surface area contributed by atoms with Gasteiger partial charge in [-0.2, -0.15) is 0 Å². The van der Waals surface area contributed by atoms with E-state index in [2.05, 4.69) is 5.32 Å². The molecule has 0 saturated carbocycles. The molecule has 5 heteroatoms. The second-order valence-electron chi connectivity index (χ2n) is 4.39. The Balaban J connectivity index is 2.30. The summed E-state index contributed by atoms with van der Waals surface area (Å²) in [6.45, 7) is 1.88. The number of benzene rings is 2. The van der Waals surface area contributed by atoms with Crippen LogP contribution >= 0.6 is 0 Å². The van der Waals surface area contributed by atoms with Gasteiger partial charge in [-0.1, -0.05) is 11.6 Å².